The number of carbonyl (C=O) groups is 1. The van der Waals surface area contributed by atoms with Crippen molar-refractivity contribution < 1.29 is 13.9 Å². The number of nitrogens with one attached hydrogen (secondary N) is 1. The predicted octanol–water partition coefficient (Wildman–Crippen LogP) is 5.49. The summed E-state index contributed by atoms with van der Waals surface area (Å²) in [7, 11) is 0. The average Bonchev–Trinajstić information content (AvgIpc) is 3.69. The quantitative estimate of drug-likeness (QED) is 0.538. The van der Waals surface area contributed by atoms with Crippen molar-refractivity contribution in [2.45, 2.75) is 31.8 Å². The van der Waals surface area contributed by atoms with E-state index in [2.05, 4.69) is 15.3 Å². The maximum absolute atomic E-state index is 13.7. The second-order valence-electron chi connectivity index (χ2n) is 9.30. The Bertz CT molecular complexity index is 1170. The molecule has 1 aromatic carbocycles. The van der Waals surface area contributed by atoms with Crippen molar-refractivity contribution in [1.82, 2.24) is 9.97 Å². The lowest BCUT2D eigenvalue weighted by atomic mass is 9.91. The molecule has 3 aliphatic rings. The zero-order chi connectivity index (χ0) is 21.8. The van der Waals surface area contributed by atoms with Gasteiger partial charge in [-0.25, -0.2) is 9.37 Å². The van der Waals surface area contributed by atoms with Crippen LogP contribution in [0.1, 0.15) is 25.7 Å². The van der Waals surface area contributed by atoms with Crippen LogP contribution in [0.2, 0.25) is 5.02 Å². The van der Waals surface area contributed by atoms with Crippen LogP contribution in [-0.2, 0) is 4.79 Å². The van der Waals surface area contributed by atoms with Crippen LogP contribution in [0.25, 0.3) is 10.9 Å². The maximum atomic E-state index is 13.7. The lowest BCUT2D eigenvalue weighted by Crippen LogP contribution is -2.29. The molecule has 0 radical (unpaired) electrons. The average molecular weight is 452 g/mol. The van der Waals surface area contributed by atoms with Crippen molar-refractivity contribution in [3.8, 4) is 5.75 Å². The van der Waals surface area contributed by atoms with E-state index in [0.29, 0.717) is 45.6 Å². The molecule has 1 unspecified atom stereocenters. The Morgan fingerprint density at radius 2 is 1.94 bits per heavy atom. The maximum Gasteiger partial charge on any atom is 0.229 e. The fourth-order valence-corrected chi connectivity index (χ4v) is 5.78. The zero-order valence-corrected chi connectivity index (χ0v) is 18.1. The molecule has 3 fully saturated rings. The molecular weight excluding hydrogens is 429 g/mol. The first-order valence-electron chi connectivity index (χ1n) is 11.2. The topological polar surface area (TPSA) is 64.1 Å². The highest BCUT2D eigenvalue weighted by Crippen LogP contribution is 2.64. The van der Waals surface area contributed by atoms with Crippen molar-refractivity contribution in [2.24, 2.45) is 29.6 Å². The zero-order valence-electron chi connectivity index (χ0n) is 17.4. The van der Waals surface area contributed by atoms with Gasteiger partial charge in [-0.1, -0.05) is 11.6 Å². The molecule has 1 N–H and O–H groups in total. The number of fused-ring (bicyclic) bond motifs is 2. The summed E-state index contributed by atoms with van der Waals surface area (Å²) < 4.78 is 20.0. The largest absolute Gasteiger partial charge is 0.490 e. The number of carbonyl (C=O) groups excluding carboxylic acids is 1. The van der Waals surface area contributed by atoms with Crippen LogP contribution in [0, 0.1) is 35.4 Å². The van der Waals surface area contributed by atoms with Gasteiger partial charge in [0.25, 0.3) is 0 Å². The number of benzene rings is 1. The summed E-state index contributed by atoms with van der Waals surface area (Å²) in [5, 5.41) is 4.25. The number of hydrogen-bond acceptors (Lipinski definition) is 4. The summed E-state index contributed by atoms with van der Waals surface area (Å²) in [4.78, 5) is 21.6. The summed E-state index contributed by atoms with van der Waals surface area (Å²) in [5.41, 5.74) is 0.728. The van der Waals surface area contributed by atoms with Crippen molar-refractivity contribution in [3.63, 3.8) is 0 Å². The van der Waals surface area contributed by atoms with E-state index in [1.165, 1.54) is 12.1 Å². The Labute approximate surface area is 190 Å². The van der Waals surface area contributed by atoms with E-state index in [-0.39, 0.29) is 23.7 Å². The van der Waals surface area contributed by atoms with E-state index < -0.39 is 0 Å². The van der Waals surface area contributed by atoms with Gasteiger partial charge >= 0.3 is 0 Å². The minimum atomic E-state index is -0.293. The summed E-state index contributed by atoms with van der Waals surface area (Å²) >= 11 is 5.90. The molecule has 1 amide bonds. The summed E-state index contributed by atoms with van der Waals surface area (Å²) in [6.45, 7) is 0. The number of nitrogens with zero attached hydrogens (tertiary/aromatic N) is 2. The van der Waals surface area contributed by atoms with Gasteiger partial charge < -0.3 is 10.1 Å². The van der Waals surface area contributed by atoms with Gasteiger partial charge in [0.05, 0.1) is 16.6 Å². The molecule has 164 valence electrons. The lowest BCUT2D eigenvalue weighted by molar-refractivity contribution is -0.121. The van der Waals surface area contributed by atoms with Gasteiger partial charge in [0.1, 0.15) is 17.4 Å². The second kappa shape index (κ2) is 7.69. The van der Waals surface area contributed by atoms with Gasteiger partial charge in [0.15, 0.2) is 0 Å². The Morgan fingerprint density at radius 3 is 2.66 bits per heavy atom. The number of rotatable bonds is 6. The molecule has 6 rings (SSSR count). The predicted molar refractivity (Wildman–Crippen MR) is 120 cm³/mol. The van der Waals surface area contributed by atoms with E-state index >= 15 is 0 Å². The molecule has 0 bridgehead atoms. The Morgan fingerprint density at radius 1 is 1.12 bits per heavy atom. The SMILES string of the molecule is O=C(Nc1ccc(Cl)cn1)C(C1CC1)[C@H]1[C@@H]2C[C@@H](Oc3ccnc4ccc(F)cc34)C[C@@H]21. The number of pyridine rings is 2. The summed E-state index contributed by atoms with van der Waals surface area (Å²) in [6.07, 6.45) is 7.45. The minimum absolute atomic E-state index is 0.0410. The first-order valence-corrected chi connectivity index (χ1v) is 11.6. The van der Waals surface area contributed by atoms with E-state index in [4.69, 9.17) is 16.3 Å². The number of hydrogen-bond donors (Lipinski definition) is 1. The van der Waals surface area contributed by atoms with Crippen molar-refractivity contribution in [3.05, 3.63) is 59.6 Å². The molecule has 5 nitrogen and oxygen atoms in total. The van der Waals surface area contributed by atoms with Crippen molar-refractivity contribution >= 4 is 34.2 Å². The third-order valence-electron chi connectivity index (χ3n) is 7.25. The van der Waals surface area contributed by atoms with E-state index in [1.807, 2.05) is 6.07 Å². The fourth-order valence-electron chi connectivity index (χ4n) is 5.66. The number of aromatic nitrogens is 2. The molecule has 5 atom stereocenters. The van der Waals surface area contributed by atoms with Gasteiger partial charge in [-0.15, -0.1) is 0 Å². The van der Waals surface area contributed by atoms with Crippen LogP contribution in [0.4, 0.5) is 10.2 Å². The number of halogens is 2. The molecule has 32 heavy (non-hydrogen) atoms. The van der Waals surface area contributed by atoms with Gasteiger partial charge in [-0.3, -0.25) is 9.78 Å². The van der Waals surface area contributed by atoms with Gasteiger partial charge in [0, 0.05) is 23.7 Å². The van der Waals surface area contributed by atoms with Crippen LogP contribution in [0.3, 0.4) is 0 Å². The third kappa shape index (κ3) is 3.71. The molecule has 3 aromatic rings. The van der Waals surface area contributed by atoms with Crippen LogP contribution in [0.5, 0.6) is 5.75 Å². The van der Waals surface area contributed by atoms with Crippen LogP contribution < -0.4 is 10.1 Å². The third-order valence-corrected chi connectivity index (χ3v) is 7.47. The highest BCUT2D eigenvalue weighted by Gasteiger charge is 2.63. The molecule has 3 saturated carbocycles. The molecule has 2 aromatic heterocycles. The van der Waals surface area contributed by atoms with Crippen LogP contribution in [0.15, 0.2) is 48.8 Å². The number of anilines is 1. The van der Waals surface area contributed by atoms with Gasteiger partial charge in [-0.2, -0.15) is 0 Å². The van der Waals surface area contributed by atoms with Crippen LogP contribution in [-0.4, -0.2) is 22.0 Å². The second-order valence-corrected chi connectivity index (χ2v) is 9.74. The van der Waals surface area contributed by atoms with E-state index in [0.717, 1.165) is 31.2 Å². The van der Waals surface area contributed by atoms with Crippen molar-refractivity contribution in [2.75, 3.05) is 5.32 Å². The lowest BCUT2D eigenvalue weighted by Gasteiger charge is -2.22. The molecule has 0 aliphatic heterocycles. The Hall–Kier alpha value is -2.73. The molecule has 0 saturated heterocycles. The fraction of sp³-hybridized carbons (Fsp3) is 0.400. The Balaban J connectivity index is 1.12. The Kier molecular flexibility index (Phi) is 4.79. The smallest absolute Gasteiger partial charge is 0.229 e. The number of amides is 1. The molecule has 0 spiro atoms. The summed E-state index contributed by atoms with van der Waals surface area (Å²) in [6, 6.07) is 9.85. The molecule has 3 aliphatic carbocycles. The molecule has 7 heteroatoms. The van der Waals surface area contributed by atoms with E-state index in [9.17, 15) is 9.18 Å². The monoisotopic (exact) mass is 451 g/mol. The standard InChI is InChI=1S/C25H23ClFN3O2/c26-14-3-6-22(29-12-14)30-25(31)23(13-1-2-13)24-17-10-16(11-18(17)24)32-21-7-8-28-20-5-4-15(27)9-19(20)21/h3-9,12-13,16-18,23-24H,1-2,10-11H2,(H,29,30,31)/t16-,17-,18+,23?,24+. The van der Waals surface area contributed by atoms with E-state index in [1.54, 1.807) is 30.6 Å². The molecule has 2 heterocycles. The first kappa shape index (κ1) is 19.9. The van der Waals surface area contributed by atoms with Gasteiger partial charge in [0.2, 0.25) is 5.91 Å². The normalized spacial score (nSPS) is 27.1. The highest BCUT2D eigenvalue weighted by molar-refractivity contribution is 6.30. The van der Waals surface area contributed by atoms with Crippen LogP contribution >= 0.6 is 11.6 Å². The van der Waals surface area contributed by atoms with Gasteiger partial charge in [-0.05, 0) is 85.8 Å². The highest BCUT2D eigenvalue weighted by atomic mass is 35.5. The first-order chi connectivity index (χ1) is 15.6. The molecular formula is C25H23ClFN3O2. The van der Waals surface area contributed by atoms with Crippen molar-refractivity contribution in [1.29, 1.82) is 0 Å². The number of ether oxygens (including phenoxy) is 1. The minimum Gasteiger partial charge on any atom is -0.490 e. The summed E-state index contributed by atoms with van der Waals surface area (Å²) in [5.74, 6) is 2.98.